The Balaban J connectivity index is 1.59. The summed E-state index contributed by atoms with van der Waals surface area (Å²) < 4.78 is 13.3. The molecule has 0 saturated carbocycles. The lowest BCUT2D eigenvalue weighted by molar-refractivity contribution is 0.414. The molecule has 6 heteroatoms. The van der Waals surface area contributed by atoms with Crippen molar-refractivity contribution in [2.45, 2.75) is 18.9 Å². The molecule has 1 unspecified atom stereocenters. The predicted octanol–water partition coefficient (Wildman–Crippen LogP) is 4.34. The Labute approximate surface area is 206 Å². The van der Waals surface area contributed by atoms with Gasteiger partial charge in [0, 0.05) is 5.56 Å². The fraction of sp³-hybridized carbons (Fsp3) is 0.172. The van der Waals surface area contributed by atoms with E-state index in [0.29, 0.717) is 4.53 Å². The maximum atomic E-state index is 13.8. The zero-order valence-electron chi connectivity index (χ0n) is 19.5. The molecule has 4 aromatic rings. The van der Waals surface area contributed by atoms with E-state index in [0.717, 1.165) is 51.5 Å². The lowest BCUT2D eigenvalue weighted by Gasteiger charge is -2.30. The normalized spacial score (nSPS) is 16.7. The molecule has 0 amide bonds. The van der Waals surface area contributed by atoms with Crippen LogP contribution in [-0.2, 0) is 6.42 Å². The molecule has 0 N–H and O–H groups in total. The molecule has 2 aliphatic rings. The van der Waals surface area contributed by atoms with E-state index in [1.54, 1.807) is 14.2 Å². The molecule has 0 spiro atoms. The summed E-state index contributed by atoms with van der Waals surface area (Å²) in [5.74, 6) is 1.55. The van der Waals surface area contributed by atoms with Crippen LogP contribution in [0.25, 0.3) is 11.8 Å². The number of hydrogen-bond donors (Lipinski definition) is 0. The third-order valence-corrected chi connectivity index (χ3v) is 7.68. The van der Waals surface area contributed by atoms with Gasteiger partial charge in [0.05, 0.1) is 30.5 Å². The predicted molar refractivity (Wildman–Crippen MR) is 139 cm³/mol. The third-order valence-electron chi connectivity index (χ3n) is 6.70. The number of nitrogens with zero attached hydrogens (tertiary/aromatic N) is 2. The summed E-state index contributed by atoms with van der Waals surface area (Å²) in [6.07, 6.45) is 3.73. The number of allylic oxidation sites excluding steroid dienone is 1. The number of methoxy groups -OCH3 is 2. The van der Waals surface area contributed by atoms with Gasteiger partial charge in [-0.2, -0.15) is 0 Å². The van der Waals surface area contributed by atoms with Gasteiger partial charge in [0.15, 0.2) is 4.80 Å². The van der Waals surface area contributed by atoms with Crippen LogP contribution in [0.3, 0.4) is 0 Å². The second-order valence-corrected chi connectivity index (χ2v) is 9.67. The highest BCUT2D eigenvalue weighted by atomic mass is 32.1. The van der Waals surface area contributed by atoms with E-state index in [4.69, 9.17) is 14.5 Å². The van der Waals surface area contributed by atoms with Crippen LogP contribution in [-0.4, -0.2) is 18.8 Å². The molecular weight excluding hydrogens is 456 g/mol. The Hall–Kier alpha value is -3.90. The van der Waals surface area contributed by atoms with Crippen molar-refractivity contribution in [2.75, 3.05) is 14.2 Å². The van der Waals surface area contributed by atoms with Gasteiger partial charge in [-0.05, 0) is 65.4 Å². The van der Waals surface area contributed by atoms with Gasteiger partial charge in [0.25, 0.3) is 5.56 Å². The molecule has 1 aliphatic heterocycles. The third kappa shape index (κ3) is 3.70. The minimum absolute atomic E-state index is 0.0252. The number of fused-ring (bicyclic) bond motifs is 3. The first-order valence-corrected chi connectivity index (χ1v) is 12.4. The largest absolute Gasteiger partial charge is 0.497 e. The smallest absolute Gasteiger partial charge is 0.271 e. The van der Waals surface area contributed by atoms with E-state index in [-0.39, 0.29) is 11.6 Å². The average molecular weight is 481 g/mol. The van der Waals surface area contributed by atoms with E-state index in [9.17, 15) is 4.79 Å². The molecule has 2 heterocycles. The van der Waals surface area contributed by atoms with E-state index in [1.165, 1.54) is 22.5 Å². The highest BCUT2D eigenvalue weighted by molar-refractivity contribution is 7.07. The monoisotopic (exact) mass is 480 g/mol. The number of rotatable bonds is 4. The lowest BCUT2D eigenvalue weighted by atomic mass is 9.83. The van der Waals surface area contributed by atoms with Gasteiger partial charge in [0.1, 0.15) is 11.5 Å². The van der Waals surface area contributed by atoms with E-state index in [2.05, 4.69) is 36.4 Å². The fourth-order valence-corrected chi connectivity index (χ4v) is 5.99. The second-order valence-electron chi connectivity index (χ2n) is 8.66. The van der Waals surface area contributed by atoms with E-state index in [1.807, 2.05) is 47.0 Å². The van der Waals surface area contributed by atoms with Crippen molar-refractivity contribution in [1.29, 1.82) is 0 Å². The van der Waals surface area contributed by atoms with Crippen molar-refractivity contribution in [1.82, 2.24) is 4.57 Å². The van der Waals surface area contributed by atoms with Crippen LogP contribution >= 0.6 is 11.3 Å². The molecule has 5 nitrogen and oxygen atoms in total. The molecule has 6 rings (SSSR count). The first-order chi connectivity index (χ1) is 17.2. The topological polar surface area (TPSA) is 52.8 Å². The van der Waals surface area contributed by atoms with E-state index < -0.39 is 0 Å². The summed E-state index contributed by atoms with van der Waals surface area (Å²) in [4.78, 5) is 19.6. The van der Waals surface area contributed by atoms with Crippen molar-refractivity contribution in [3.8, 4) is 11.5 Å². The number of ether oxygens (including phenoxy) is 2. The number of aryl methyl sites for hydroxylation is 1. The van der Waals surface area contributed by atoms with Crippen LogP contribution in [0.2, 0.25) is 0 Å². The standard InChI is InChI=1S/C29H24N2O3S/c1-33-21-13-10-20(11-14-21)27-24-15-12-19-7-3-4-9-23(19)26(24)30-29-31(27)28(32)25(35-29)17-18-6-5-8-22(16-18)34-2/h3-11,13-14,16-17,27H,12,15H2,1-2H3. The summed E-state index contributed by atoms with van der Waals surface area (Å²) in [5, 5.41) is 0. The van der Waals surface area contributed by atoms with Gasteiger partial charge in [0.2, 0.25) is 0 Å². The van der Waals surface area contributed by atoms with Gasteiger partial charge in [-0.3, -0.25) is 9.36 Å². The fourth-order valence-electron chi connectivity index (χ4n) is 4.99. The first-order valence-electron chi connectivity index (χ1n) is 11.6. The van der Waals surface area contributed by atoms with Gasteiger partial charge in [-0.15, -0.1) is 0 Å². The summed E-state index contributed by atoms with van der Waals surface area (Å²) >= 11 is 1.44. The number of hydrogen-bond acceptors (Lipinski definition) is 5. The second kappa shape index (κ2) is 8.71. The molecule has 0 fully saturated rings. The van der Waals surface area contributed by atoms with Crippen LogP contribution in [0.1, 0.15) is 34.7 Å². The molecule has 35 heavy (non-hydrogen) atoms. The van der Waals surface area contributed by atoms with Crippen LogP contribution in [0.15, 0.2) is 88.2 Å². The summed E-state index contributed by atoms with van der Waals surface area (Å²) in [7, 11) is 3.31. The molecule has 174 valence electrons. The zero-order valence-corrected chi connectivity index (χ0v) is 20.3. The first kappa shape index (κ1) is 21.6. The Bertz CT molecular complexity index is 1640. The van der Waals surface area contributed by atoms with Gasteiger partial charge in [-0.1, -0.05) is 59.9 Å². The molecular formula is C29H24N2O3S. The quantitative estimate of drug-likeness (QED) is 0.437. The molecule has 1 aliphatic carbocycles. The Kier molecular flexibility index (Phi) is 5.38. The number of benzene rings is 3. The van der Waals surface area contributed by atoms with Gasteiger partial charge >= 0.3 is 0 Å². The maximum absolute atomic E-state index is 13.8. The number of thiazole rings is 1. The van der Waals surface area contributed by atoms with Crippen LogP contribution < -0.4 is 24.4 Å². The van der Waals surface area contributed by atoms with Crippen LogP contribution in [0, 0.1) is 0 Å². The molecule has 0 radical (unpaired) electrons. The highest BCUT2D eigenvalue weighted by Crippen LogP contribution is 2.41. The van der Waals surface area contributed by atoms with Crippen LogP contribution in [0.5, 0.6) is 11.5 Å². The minimum atomic E-state index is -0.201. The van der Waals surface area contributed by atoms with Gasteiger partial charge < -0.3 is 9.47 Å². The van der Waals surface area contributed by atoms with Crippen molar-refractivity contribution in [3.05, 3.63) is 120 Å². The van der Waals surface area contributed by atoms with Crippen molar-refractivity contribution in [2.24, 2.45) is 4.99 Å². The molecule has 1 atom stereocenters. The minimum Gasteiger partial charge on any atom is -0.497 e. The Morgan fingerprint density at radius 3 is 2.54 bits per heavy atom. The summed E-state index contributed by atoms with van der Waals surface area (Å²) in [6, 6.07) is 24.0. The summed E-state index contributed by atoms with van der Waals surface area (Å²) in [5.41, 5.74) is 6.61. The average Bonchev–Trinajstić information content (AvgIpc) is 3.21. The zero-order chi connectivity index (χ0) is 23.9. The Morgan fingerprint density at radius 2 is 1.74 bits per heavy atom. The van der Waals surface area contributed by atoms with Crippen LogP contribution in [0.4, 0.5) is 0 Å². The number of aromatic nitrogens is 1. The maximum Gasteiger partial charge on any atom is 0.271 e. The lowest BCUT2D eigenvalue weighted by Crippen LogP contribution is -2.38. The molecule has 3 aromatic carbocycles. The van der Waals surface area contributed by atoms with Gasteiger partial charge in [-0.25, -0.2) is 4.99 Å². The molecule has 0 bridgehead atoms. The SMILES string of the molecule is COc1ccc(C2C3=C(N=c4sc(=Cc5cccc(OC)c5)c(=O)n42)c2ccccc2CC3)cc1. The summed E-state index contributed by atoms with van der Waals surface area (Å²) in [6.45, 7) is 0. The Morgan fingerprint density at radius 1 is 0.943 bits per heavy atom. The molecule has 0 saturated heterocycles. The van der Waals surface area contributed by atoms with Crippen molar-refractivity contribution >= 4 is 23.1 Å². The molecule has 1 aromatic heterocycles. The van der Waals surface area contributed by atoms with E-state index >= 15 is 0 Å². The van der Waals surface area contributed by atoms with Crippen molar-refractivity contribution in [3.63, 3.8) is 0 Å². The highest BCUT2D eigenvalue weighted by Gasteiger charge is 2.32. The van der Waals surface area contributed by atoms with Crippen molar-refractivity contribution < 1.29 is 9.47 Å².